The molecule has 2 rings (SSSR count). The van der Waals surface area contributed by atoms with E-state index in [0.717, 1.165) is 37.8 Å². The van der Waals surface area contributed by atoms with E-state index in [4.69, 9.17) is 16.3 Å². The Bertz CT molecular complexity index is 442. The molecular weight excluding hydrogens is 262 g/mol. The lowest BCUT2D eigenvalue weighted by Gasteiger charge is -2.26. The van der Waals surface area contributed by atoms with Crippen molar-refractivity contribution in [3.63, 3.8) is 0 Å². The first-order valence-electron chi connectivity index (χ1n) is 6.83. The fourth-order valence-corrected chi connectivity index (χ4v) is 2.81. The number of carbonyl (C=O) groups excluding carboxylic acids is 1. The summed E-state index contributed by atoms with van der Waals surface area (Å²) >= 11 is 6.06. The monoisotopic (exact) mass is 281 g/mol. The lowest BCUT2D eigenvalue weighted by molar-refractivity contribution is -0.152. The summed E-state index contributed by atoms with van der Waals surface area (Å²) in [7, 11) is 0. The first kappa shape index (κ1) is 14.4. The average Bonchev–Trinajstić information content (AvgIpc) is 2.88. The van der Waals surface area contributed by atoms with Crippen LogP contribution in [0, 0.1) is 0 Å². The highest BCUT2D eigenvalue weighted by molar-refractivity contribution is 6.31. The van der Waals surface area contributed by atoms with Crippen LogP contribution in [0.15, 0.2) is 24.3 Å². The van der Waals surface area contributed by atoms with E-state index < -0.39 is 5.54 Å². The Labute approximate surface area is 119 Å². The van der Waals surface area contributed by atoms with E-state index in [-0.39, 0.29) is 12.6 Å². The van der Waals surface area contributed by atoms with E-state index in [1.54, 1.807) is 6.07 Å². The van der Waals surface area contributed by atoms with Gasteiger partial charge in [-0.1, -0.05) is 43.1 Å². The summed E-state index contributed by atoms with van der Waals surface area (Å²) < 4.78 is 5.46. The van der Waals surface area contributed by atoms with Gasteiger partial charge in [0.25, 0.3) is 0 Å². The lowest BCUT2D eigenvalue weighted by atomic mass is 9.92. The molecular formula is C15H20ClNO2. The molecule has 1 N–H and O–H groups in total. The topological polar surface area (TPSA) is 38.3 Å². The summed E-state index contributed by atoms with van der Waals surface area (Å²) in [5, 5.41) is 3.95. The lowest BCUT2D eigenvalue weighted by Crippen LogP contribution is -2.48. The Balaban J connectivity index is 1.98. The third-order valence-corrected chi connectivity index (χ3v) is 4.00. The maximum atomic E-state index is 12.3. The second-order valence-electron chi connectivity index (χ2n) is 5.03. The van der Waals surface area contributed by atoms with Crippen molar-refractivity contribution in [1.29, 1.82) is 0 Å². The second kappa shape index (κ2) is 6.40. The van der Waals surface area contributed by atoms with E-state index in [1.165, 1.54) is 0 Å². The Kier molecular flexibility index (Phi) is 4.83. The summed E-state index contributed by atoms with van der Waals surface area (Å²) in [5.74, 6) is -0.147. The van der Waals surface area contributed by atoms with Gasteiger partial charge in [0.15, 0.2) is 0 Å². The number of hydrogen-bond donors (Lipinski definition) is 1. The molecule has 1 aromatic rings. The molecule has 1 heterocycles. The van der Waals surface area contributed by atoms with Crippen LogP contribution in [0.1, 0.15) is 38.2 Å². The predicted octanol–water partition coefficient (Wildman–Crippen LogP) is 3.31. The molecule has 0 radical (unpaired) electrons. The minimum atomic E-state index is -0.476. The number of carbonyl (C=O) groups is 1. The maximum absolute atomic E-state index is 12.3. The summed E-state index contributed by atoms with van der Waals surface area (Å²) in [4.78, 5) is 12.3. The molecule has 1 atom stereocenters. The first-order chi connectivity index (χ1) is 9.18. The highest BCUT2D eigenvalue weighted by Gasteiger charge is 2.41. The minimum Gasteiger partial charge on any atom is -0.459 e. The fourth-order valence-electron chi connectivity index (χ4n) is 2.62. The Morgan fingerprint density at radius 3 is 2.89 bits per heavy atom. The molecule has 19 heavy (non-hydrogen) atoms. The van der Waals surface area contributed by atoms with Crippen molar-refractivity contribution in [3.05, 3.63) is 34.9 Å². The van der Waals surface area contributed by atoms with Crippen molar-refractivity contribution in [1.82, 2.24) is 5.32 Å². The molecule has 0 bridgehead atoms. The van der Waals surface area contributed by atoms with Crippen LogP contribution in [0.4, 0.5) is 0 Å². The van der Waals surface area contributed by atoms with Crippen LogP contribution in [0.3, 0.4) is 0 Å². The highest BCUT2D eigenvalue weighted by Crippen LogP contribution is 2.27. The zero-order valence-electron chi connectivity index (χ0n) is 11.2. The second-order valence-corrected chi connectivity index (χ2v) is 5.44. The molecule has 1 saturated heterocycles. The number of rotatable bonds is 5. The number of benzene rings is 1. The smallest absolute Gasteiger partial charge is 0.326 e. The summed E-state index contributed by atoms with van der Waals surface area (Å²) in [5.41, 5.74) is 0.373. The quantitative estimate of drug-likeness (QED) is 0.842. The van der Waals surface area contributed by atoms with Gasteiger partial charge in [-0.15, -0.1) is 0 Å². The van der Waals surface area contributed by atoms with E-state index in [9.17, 15) is 4.79 Å². The van der Waals surface area contributed by atoms with Gasteiger partial charge in [0.05, 0.1) is 0 Å². The Hall–Kier alpha value is -1.06. The Morgan fingerprint density at radius 1 is 1.47 bits per heavy atom. The van der Waals surface area contributed by atoms with E-state index in [0.29, 0.717) is 5.02 Å². The largest absolute Gasteiger partial charge is 0.459 e. The third-order valence-electron chi connectivity index (χ3n) is 3.63. The molecule has 104 valence electrons. The van der Waals surface area contributed by atoms with Gasteiger partial charge < -0.3 is 10.1 Å². The Morgan fingerprint density at radius 2 is 2.26 bits per heavy atom. The van der Waals surface area contributed by atoms with Crippen LogP contribution in [-0.2, 0) is 16.1 Å². The van der Waals surface area contributed by atoms with Gasteiger partial charge in [-0.3, -0.25) is 4.79 Å². The van der Waals surface area contributed by atoms with E-state index in [2.05, 4.69) is 12.2 Å². The molecule has 0 aliphatic carbocycles. The molecule has 0 aromatic heterocycles. The van der Waals surface area contributed by atoms with Crippen LogP contribution in [0.25, 0.3) is 0 Å². The predicted molar refractivity (Wildman–Crippen MR) is 76.1 cm³/mol. The number of hydrogen-bond acceptors (Lipinski definition) is 3. The number of esters is 1. The van der Waals surface area contributed by atoms with Gasteiger partial charge in [0.1, 0.15) is 12.1 Å². The van der Waals surface area contributed by atoms with Crippen molar-refractivity contribution in [3.8, 4) is 0 Å². The van der Waals surface area contributed by atoms with Crippen LogP contribution < -0.4 is 5.32 Å². The summed E-state index contributed by atoms with van der Waals surface area (Å²) in [6, 6.07) is 7.44. The summed E-state index contributed by atoms with van der Waals surface area (Å²) in [6.45, 7) is 3.22. The van der Waals surface area contributed by atoms with Gasteiger partial charge in [-0.05, 0) is 31.9 Å². The molecule has 1 aromatic carbocycles. The van der Waals surface area contributed by atoms with Crippen LogP contribution in [0.2, 0.25) is 5.02 Å². The number of nitrogens with one attached hydrogen (secondary N) is 1. The van der Waals surface area contributed by atoms with Crippen LogP contribution in [-0.4, -0.2) is 18.1 Å². The molecule has 1 aliphatic rings. The average molecular weight is 282 g/mol. The standard InChI is InChI=1S/C15H20ClNO2/c1-2-8-15(9-5-10-17-15)14(18)19-11-12-6-3-4-7-13(12)16/h3-4,6-7,17H,2,5,8-11H2,1H3. The molecule has 1 unspecified atom stereocenters. The molecule has 4 heteroatoms. The van der Waals surface area contributed by atoms with E-state index >= 15 is 0 Å². The number of ether oxygens (including phenoxy) is 1. The van der Waals surface area contributed by atoms with Crippen molar-refractivity contribution in [2.45, 2.75) is 44.8 Å². The summed E-state index contributed by atoms with van der Waals surface area (Å²) in [6.07, 6.45) is 3.69. The normalized spacial score (nSPS) is 22.4. The van der Waals surface area contributed by atoms with Gasteiger partial charge in [0.2, 0.25) is 0 Å². The fraction of sp³-hybridized carbons (Fsp3) is 0.533. The molecule has 0 saturated carbocycles. The third kappa shape index (κ3) is 3.28. The van der Waals surface area contributed by atoms with Gasteiger partial charge in [-0.25, -0.2) is 0 Å². The SMILES string of the molecule is CCCC1(C(=O)OCc2ccccc2Cl)CCCN1. The van der Waals surface area contributed by atoms with Crippen molar-refractivity contribution in [2.75, 3.05) is 6.54 Å². The first-order valence-corrected chi connectivity index (χ1v) is 7.21. The van der Waals surface area contributed by atoms with Crippen molar-refractivity contribution < 1.29 is 9.53 Å². The zero-order chi connectivity index (χ0) is 13.7. The minimum absolute atomic E-state index is 0.147. The number of halogens is 1. The van der Waals surface area contributed by atoms with Crippen LogP contribution in [0.5, 0.6) is 0 Å². The maximum Gasteiger partial charge on any atom is 0.326 e. The molecule has 1 fully saturated rings. The van der Waals surface area contributed by atoms with Crippen molar-refractivity contribution >= 4 is 17.6 Å². The molecule has 3 nitrogen and oxygen atoms in total. The van der Waals surface area contributed by atoms with Crippen molar-refractivity contribution in [2.24, 2.45) is 0 Å². The van der Waals surface area contributed by atoms with Crippen LogP contribution >= 0.6 is 11.6 Å². The van der Waals surface area contributed by atoms with Gasteiger partial charge >= 0.3 is 5.97 Å². The van der Waals surface area contributed by atoms with Gasteiger partial charge in [-0.2, -0.15) is 0 Å². The molecule has 1 aliphatic heterocycles. The zero-order valence-corrected chi connectivity index (χ0v) is 12.0. The van der Waals surface area contributed by atoms with Gasteiger partial charge in [0, 0.05) is 10.6 Å². The van der Waals surface area contributed by atoms with E-state index in [1.807, 2.05) is 18.2 Å². The molecule has 0 spiro atoms. The molecule has 0 amide bonds. The highest BCUT2D eigenvalue weighted by atomic mass is 35.5.